The fourth-order valence-electron chi connectivity index (χ4n) is 4.14. The van der Waals surface area contributed by atoms with E-state index < -0.39 is 16.7 Å². The number of carbonyl (C=O) groups is 2. The molecule has 2 aliphatic heterocycles. The van der Waals surface area contributed by atoms with Crippen molar-refractivity contribution < 1.29 is 23.9 Å². The normalized spacial score (nSPS) is 30.1. The van der Waals surface area contributed by atoms with E-state index in [4.69, 9.17) is 4.74 Å². The summed E-state index contributed by atoms with van der Waals surface area (Å²) in [5.41, 5.74) is 0.860. The maximum atomic E-state index is 12.8. The molecule has 6 heteroatoms. The number of amides is 2. The van der Waals surface area contributed by atoms with Crippen LogP contribution in [0.5, 0.6) is 0 Å². The Kier molecular flexibility index (Phi) is 5.39. The van der Waals surface area contributed by atoms with Crippen molar-refractivity contribution in [1.82, 2.24) is 4.90 Å². The molecule has 1 N–H and O–H groups in total. The van der Waals surface area contributed by atoms with Gasteiger partial charge in [-0.15, -0.1) is 4.48 Å². The summed E-state index contributed by atoms with van der Waals surface area (Å²) in [6.45, 7) is 4.24. The summed E-state index contributed by atoms with van der Waals surface area (Å²) in [6, 6.07) is 9.21. The van der Waals surface area contributed by atoms with Crippen LogP contribution in [0, 0.1) is 0 Å². The quantitative estimate of drug-likeness (QED) is 0.848. The van der Waals surface area contributed by atoms with Crippen LogP contribution in [-0.2, 0) is 11.3 Å². The van der Waals surface area contributed by atoms with E-state index in [1.54, 1.807) is 0 Å². The van der Waals surface area contributed by atoms with Crippen molar-refractivity contribution in [2.24, 2.45) is 0 Å². The Morgan fingerprint density at radius 1 is 1.20 bits per heavy atom. The van der Waals surface area contributed by atoms with Gasteiger partial charge in [-0.3, -0.25) is 4.90 Å². The van der Waals surface area contributed by atoms with Crippen LogP contribution in [0.4, 0.5) is 9.59 Å². The fraction of sp³-hybridized carbons (Fsp3) is 0.579. The largest absolute Gasteiger partial charge is 0.527 e. The van der Waals surface area contributed by atoms with Gasteiger partial charge in [0.05, 0.1) is 6.04 Å². The number of benzene rings is 1. The van der Waals surface area contributed by atoms with Gasteiger partial charge in [-0.1, -0.05) is 36.8 Å². The zero-order valence-electron chi connectivity index (χ0n) is 14.8. The average molecular weight is 347 g/mol. The van der Waals surface area contributed by atoms with Crippen molar-refractivity contribution in [2.75, 3.05) is 19.6 Å². The van der Waals surface area contributed by atoms with E-state index in [2.05, 4.69) is 4.90 Å². The molecule has 0 spiro atoms. The van der Waals surface area contributed by atoms with E-state index in [0.717, 1.165) is 31.5 Å². The van der Waals surface area contributed by atoms with Crippen molar-refractivity contribution in [3.63, 3.8) is 0 Å². The highest BCUT2D eigenvalue weighted by atomic mass is 16.6. The Labute approximate surface area is 148 Å². The maximum absolute atomic E-state index is 12.8. The van der Waals surface area contributed by atoms with Crippen LogP contribution in [0.25, 0.3) is 0 Å². The fourth-order valence-corrected chi connectivity index (χ4v) is 4.14. The molecular weight excluding hydrogens is 320 g/mol. The number of nitrogens with zero attached hydrogens (tertiary/aromatic N) is 2. The maximum Gasteiger partial charge on any atom is 0.527 e. The molecule has 2 amide bonds. The summed E-state index contributed by atoms with van der Waals surface area (Å²) < 4.78 is 4.80. The third-order valence-electron chi connectivity index (χ3n) is 5.64. The van der Waals surface area contributed by atoms with Gasteiger partial charge >= 0.3 is 12.2 Å². The first-order valence-electron chi connectivity index (χ1n) is 9.10. The minimum Gasteiger partial charge on any atom is -0.435 e. The Morgan fingerprint density at radius 2 is 1.88 bits per heavy atom. The molecule has 3 atom stereocenters. The minimum atomic E-state index is -1.11. The molecular formula is C19H27N2O4+. The molecule has 1 aromatic rings. The number of ether oxygens (including phenoxy) is 1. The smallest absolute Gasteiger partial charge is 0.435 e. The average Bonchev–Trinajstić information content (AvgIpc) is 3.00. The molecule has 2 saturated heterocycles. The van der Waals surface area contributed by atoms with Crippen molar-refractivity contribution >= 4 is 12.2 Å². The van der Waals surface area contributed by atoms with E-state index in [0.29, 0.717) is 13.0 Å². The Bertz CT molecular complexity index is 615. The molecule has 0 radical (unpaired) electrons. The summed E-state index contributed by atoms with van der Waals surface area (Å²) in [6.07, 6.45) is 2.49. The monoisotopic (exact) mass is 347 g/mol. The highest BCUT2D eigenvalue weighted by Crippen LogP contribution is 2.33. The van der Waals surface area contributed by atoms with Gasteiger partial charge in [0, 0.05) is 6.42 Å². The standard InChI is InChI=1S/C19H26N2O4/c1-15-12-17(20-10-6-3-7-11-20)13-21(15,18(22)23)19(24)25-14-16-8-4-2-5-9-16/h2,4-5,8-9,15,17H,3,6-7,10-14H2,1H3/p+1/t15?,17-,21?/m0/s1. The van der Waals surface area contributed by atoms with Crippen LogP contribution >= 0.6 is 0 Å². The van der Waals surface area contributed by atoms with Crippen molar-refractivity contribution in [2.45, 2.75) is 51.3 Å². The van der Waals surface area contributed by atoms with Crippen LogP contribution in [0.3, 0.4) is 0 Å². The lowest BCUT2D eigenvalue weighted by atomic mass is 10.1. The number of hydrogen-bond donors (Lipinski definition) is 1. The first kappa shape index (κ1) is 17.9. The molecule has 0 bridgehead atoms. The van der Waals surface area contributed by atoms with Gasteiger partial charge in [0.15, 0.2) is 0 Å². The number of quaternary nitrogens is 1. The molecule has 136 valence electrons. The van der Waals surface area contributed by atoms with Gasteiger partial charge in [0.1, 0.15) is 19.2 Å². The molecule has 25 heavy (non-hydrogen) atoms. The van der Waals surface area contributed by atoms with Gasteiger partial charge < -0.3 is 9.84 Å². The lowest BCUT2D eigenvalue weighted by Crippen LogP contribution is -2.59. The van der Waals surface area contributed by atoms with Crippen molar-refractivity contribution in [3.8, 4) is 0 Å². The second-order valence-corrected chi connectivity index (χ2v) is 7.21. The SMILES string of the molecule is CC1C[C@H](N2CCCCC2)C[N+]1(C(=O)O)C(=O)OCc1ccccc1. The predicted molar refractivity (Wildman–Crippen MR) is 93.1 cm³/mol. The van der Waals surface area contributed by atoms with Crippen LogP contribution < -0.4 is 0 Å². The minimum absolute atomic E-state index is 0.105. The highest BCUT2D eigenvalue weighted by Gasteiger charge is 2.59. The molecule has 2 heterocycles. The number of likely N-dealkylation sites (tertiary alicyclic amines) is 2. The van der Waals surface area contributed by atoms with Gasteiger partial charge in [0.2, 0.25) is 0 Å². The second kappa shape index (κ2) is 7.54. The number of hydrogen-bond acceptors (Lipinski definition) is 4. The third-order valence-corrected chi connectivity index (χ3v) is 5.64. The zero-order valence-corrected chi connectivity index (χ0v) is 14.8. The highest BCUT2D eigenvalue weighted by molar-refractivity contribution is 5.75. The van der Waals surface area contributed by atoms with Crippen LogP contribution in [0.1, 0.15) is 38.2 Å². The second-order valence-electron chi connectivity index (χ2n) is 7.21. The molecule has 2 fully saturated rings. The molecule has 3 rings (SSSR count). The molecule has 0 saturated carbocycles. The molecule has 6 nitrogen and oxygen atoms in total. The van der Waals surface area contributed by atoms with Gasteiger partial charge in [0.25, 0.3) is 0 Å². The van der Waals surface area contributed by atoms with Crippen LogP contribution in [0.15, 0.2) is 30.3 Å². The predicted octanol–water partition coefficient (Wildman–Crippen LogP) is 3.46. The summed E-state index contributed by atoms with van der Waals surface area (Å²) in [4.78, 5) is 27.2. The summed E-state index contributed by atoms with van der Waals surface area (Å²) in [7, 11) is 0. The van der Waals surface area contributed by atoms with Gasteiger partial charge in [-0.25, -0.2) is 0 Å². The Morgan fingerprint density at radius 3 is 2.52 bits per heavy atom. The molecule has 0 aromatic heterocycles. The number of imide groups is 1. The number of rotatable bonds is 3. The number of carboxylic acid groups (broad SMARTS) is 1. The summed E-state index contributed by atoms with van der Waals surface area (Å²) in [5, 5.41) is 9.87. The Balaban J connectivity index is 1.72. The lowest BCUT2D eigenvalue weighted by Gasteiger charge is -2.32. The lowest BCUT2D eigenvalue weighted by molar-refractivity contribution is -0.796. The van der Waals surface area contributed by atoms with Gasteiger partial charge in [-0.05, 0) is 38.4 Å². The molecule has 2 aliphatic rings. The van der Waals surface area contributed by atoms with Crippen LogP contribution in [0.2, 0.25) is 0 Å². The summed E-state index contributed by atoms with van der Waals surface area (Å²) >= 11 is 0. The zero-order chi connectivity index (χ0) is 17.9. The van der Waals surface area contributed by atoms with E-state index in [1.165, 1.54) is 6.42 Å². The van der Waals surface area contributed by atoms with E-state index >= 15 is 0 Å². The molecule has 1 aromatic carbocycles. The Hall–Kier alpha value is -1.92. The first-order chi connectivity index (χ1) is 12.0. The topological polar surface area (TPSA) is 66.8 Å². The van der Waals surface area contributed by atoms with E-state index in [-0.39, 0.29) is 18.7 Å². The summed E-state index contributed by atoms with van der Waals surface area (Å²) in [5.74, 6) is 0. The molecule has 2 unspecified atom stereocenters. The first-order valence-corrected chi connectivity index (χ1v) is 9.10. The number of piperidine rings is 1. The van der Waals surface area contributed by atoms with Crippen molar-refractivity contribution in [3.05, 3.63) is 35.9 Å². The van der Waals surface area contributed by atoms with Crippen LogP contribution in [-0.4, -0.2) is 58.4 Å². The van der Waals surface area contributed by atoms with E-state index in [9.17, 15) is 14.7 Å². The van der Waals surface area contributed by atoms with E-state index in [1.807, 2.05) is 37.3 Å². The van der Waals surface area contributed by atoms with Crippen molar-refractivity contribution in [1.29, 1.82) is 0 Å². The third kappa shape index (κ3) is 3.55. The number of carbonyl (C=O) groups excluding carboxylic acids is 1. The molecule has 0 aliphatic carbocycles. The van der Waals surface area contributed by atoms with Gasteiger partial charge in [-0.2, -0.15) is 9.59 Å².